The van der Waals surface area contributed by atoms with Crippen molar-refractivity contribution in [2.75, 3.05) is 25.2 Å². The van der Waals surface area contributed by atoms with Crippen molar-refractivity contribution in [2.45, 2.75) is 37.5 Å². The Morgan fingerprint density at radius 1 is 0.966 bits per heavy atom. The summed E-state index contributed by atoms with van der Waals surface area (Å²) in [7, 11) is 0.203. The number of nitrogens with zero attached hydrogens (tertiary/aromatic N) is 1. The fourth-order valence-corrected chi connectivity index (χ4v) is 3.91. The molecule has 0 unspecified atom stereocenters. The highest BCUT2D eigenvalue weighted by molar-refractivity contribution is 7.91. The van der Waals surface area contributed by atoms with E-state index in [1.807, 2.05) is 26.0 Å². The Kier molecular flexibility index (Phi) is 6.85. The van der Waals surface area contributed by atoms with Gasteiger partial charge in [0.2, 0.25) is 11.8 Å². The van der Waals surface area contributed by atoms with Gasteiger partial charge in [0.1, 0.15) is 0 Å². The zero-order chi connectivity index (χ0) is 21.8. The molecule has 0 aliphatic rings. The molecule has 2 rings (SSSR count). The van der Waals surface area contributed by atoms with Gasteiger partial charge in [-0.3, -0.25) is 9.59 Å². The average molecular weight is 417 g/mol. The van der Waals surface area contributed by atoms with Crippen LogP contribution in [-0.4, -0.2) is 45.0 Å². The Hall–Kier alpha value is -2.67. The summed E-state index contributed by atoms with van der Waals surface area (Å²) in [5, 5.41) is 2.82. The van der Waals surface area contributed by atoms with Crippen molar-refractivity contribution in [3.8, 4) is 0 Å². The number of rotatable bonds is 7. The lowest BCUT2D eigenvalue weighted by molar-refractivity contribution is -0.133. The van der Waals surface area contributed by atoms with E-state index in [1.165, 1.54) is 12.1 Å². The van der Waals surface area contributed by atoms with Crippen LogP contribution in [0.25, 0.3) is 0 Å². The van der Waals surface area contributed by atoms with Crippen molar-refractivity contribution in [1.82, 2.24) is 4.90 Å². The van der Waals surface area contributed by atoms with Gasteiger partial charge in [-0.2, -0.15) is 0 Å². The van der Waals surface area contributed by atoms with Crippen LogP contribution < -0.4 is 5.32 Å². The van der Waals surface area contributed by atoms with E-state index in [2.05, 4.69) is 5.32 Å². The molecule has 0 aliphatic heterocycles. The van der Waals surface area contributed by atoms with Gasteiger partial charge >= 0.3 is 0 Å². The number of sulfone groups is 1. The second kappa shape index (κ2) is 8.78. The number of anilines is 1. The number of nitrogens with one attached hydrogen (secondary N) is 1. The highest BCUT2D eigenvalue weighted by Crippen LogP contribution is 2.26. The number of benzene rings is 2. The molecule has 6 nitrogen and oxygen atoms in total. The van der Waals surface area contributed by atoms with E-state index < -0.39 is 15.3 Å². The van der Waals surface area contributed by atoms with Crippen LogP contribution in [0.3, 0.4) is 0 Å². The molecule has 1 N–H and O–H groups in total. The highest BCUT2D eigenvalue weighted by Gasteiger charge is 2.31. The Morgan fingerprint density at radius 2 is 1.52 bits per heavy atom. The van der Waals surface area contributed by atoms with Crippen LogP contribution >= 0.6 is 0 Å². The number of likely N-dealkylation sites (N-methyl/N-ethyl adjacent to an activating group) is 1. The first-order valence-corrected chi connectivity index (χ1v) is 11.1. The van der Waals surface area contributed by atoms with Gasteiger partial charge < -0.3 is 10.2 Å². The first-order valence-electron chi connectivity index (χ1n) is 9.41. The minimum absolute atomic E-state index is 0.00261. The van der Waals surface area contributed by atoms with Crippen LogP contribution in [0.1, 0.15) is 31.9 Å². The predicted molar refractivity (Wildman–Crippen MR) is 115 cm³/mol. The molecule has 0 fully saturated rings. The summed E-state index contributed by atoms with van der Waals surface area (Å²) in [6, 6.07) is 13.6. The number of amides is 2. The fourth-order valence-electron chi connectivity index (χ4n) is 3.02. The van der Waals surface area contributed by atoms with Gasteiger partial charge in [0.05, 0.1) is 22.5 Å². The van der Waals surface area contributed by atoms with Gasteiger partial charge in [0, 0.05) is 19.8 Å². The quantitative estimate of drug-likeness (QED) is 0.752. The van der Waals surface area contributed by atoms with Crippen LogP contribution in [0.5, 0.6) is 0 Å². The molecule has 0 atom stereocenters. The monoisotopic (exact) mass is 416 g/mol. The summed E-state index contributed by atoms with van der Waals surface area (Å²) in [6.45, 7) is 5.33. The standard InChI is InChI=1S/C22H28N2O4S/c1-6-29(27,28)19-13-7-16(8-14-19)15-20(25)23-18-11-9-17(10-12-18)22(2,3)21(26)24(4)5/h7-14H,6,15H2,1-5H3,(H,23,25). The van der Waals surface area contributed by atoms with E-state index in [4.69, 9.17) is 0 Å². The highest BCUT2D eigenvalue weighted by atomic mass is 32.2. The van der Waals surface area contributed by atoms with E-state index in [0.29, 0.717) is 5.69 Å². The zero-order valence-electron chi connectivity index (χ0n) is 17.5. The van der Waals surface area contributed by atoms with E-state index in [-0.39, 0.29) is 28.9 Å². The third kappa shape index (κ3) is 5.44. The fraction of sp³-hybridized carbons (Fsp3) is 0.364. The minimum atomic E-state index is -3.25. The molecule has 2 amide bonds. The van der Waals surface area contributed by atoms with Crippen LogP contribution in [0.15, 0.2) is 53.4 Å². The molecule has 2 aromatic carbocycles. The van der Waals surface area contributed by atoms with Gasteiger partial charge in [-0.1, -0.05) is 31.2 Å². The van der Waals surface area contributed by atoms with Crippen molar-refractivity contribution in [2.24, 2.45) is 0 Å². The lowest BCUT2D eigenvalue weighted by Gasteiger charge is -2.27. The lowest BCUT2D eigenvalue weighted by atomic mass is 9.83. The van der Waals surface area contributed by atoms with E-state index in [9.17, 15) is 18.0 Å². The molecule has 0 spiro atoms. The molecule has 0 aliphatic carbocycles. The van der Waals surface area contributed by atoms with Crippen molar-refractivity contribution < 1.29 is 18.0 Å². The molecule has 0 heterocycles. The summed E-state index contributed by atoms with van der Waals surface area (Å²) in [5.74, 6) is -0.157. The number of hydrogen-bond acceptors (Lipinski definition) is 4. The van der Waals surface area contributed by atoms with Crippen LogP contribution in [-0.2, 0) is 31.3 Å². The SMILES string of the molecule is CCS(=O)(=O)c1ccc(CC(=O)Nc2ccc(C(C)(C)C(=O)N(C)C)cc2)cc1. The maximum absolute atomic E-state index is 12.4. The molecule has 0 saturated carbocycles. The van der Waals surface area contributed by atoms with Gasteiger partial charge in [-0.25, -0.2) is 8.42 Å². The maximum Gasteiger partial charge on any atom is 0.232 e. The molecule has 7 heteroatoms. The van der Waals surface area contributed by atoms with E-state index in [1.54, 1.807) is 50.2 Å². The number of carbonyl (C=O) groups excluding carboxylic acids is 2. The molecule has 0 radical (unpaired) electrons. The first-order chi connectivity index (χ1) is 13.5. The Morgan fingerprint density at radius 3 is 2.00 bits per heavy atom. The van der Waals surface area contributed by atoms with E-state index >= 15 is 0 Å². The van der Waals surface area contributed by atoms with Crippen LogP contribution in [0, 0.1) is 0 Å². The largest absolute Gasteiger partial charge is 0.348 e. The Balaban J connectivity index is 2.04. The van der Waals surface area contributed by atoms with Gasteiger partial charge in [0.25, 0.3) is 0 Å². The second-order valence-corrected chi connectivity index (χ2v) is 9.95. The smallest absolute Gasteiger partial charge is 0.232 e. The molecule has 29 heavy (non-hydrogen) atoms. The van der Waals surface area contributed by atoms with Crippen LogP contribution in [0.2, 0.25) is 0 Å². The lowest BCUT2D eigenvalue weighted by Crippen LogP contribution is -2.39. The van der Waals surface area contributed by atoms with Crippen molar-refractivity contribution in [1.29, 1.82) is 0 Å². The van der Waals surface area contributed by atoms with Crippen molar-refractivity contribution in [3.63, 3.8) is 0 Å². The number of carbonyl (C=O) groups is 2. The Labute approximate surface area is 172 Å². The first kappa shape index (κ1) is 22.6. The minimum Gasteiger partial charge on any atom is -0.348 e. The second-order valence-electron chi connectivity index (χ2n) is 7.67. The third-order valence-corrected chi connectivity index (χ3v) is 6.61. The zero-order valence-corrected chi connectivity index (χ0v) is 18.3. The summed E-state index contributed by atoms with van der Waals surface area (Å²) >= 11 is 0. The van der Waals surface area contributed by atoms with Gasteiger partial charge in [-0.05, 0) is 49.2 Å². The molecular formula is C22H28N2O4S. The summed E-state index contributed by atoms with van der Waals surface area (Å²) in [6.07, 6.45) is 0.138. The number of hydrogen-bond donors (Lipinski definition) is 1. The normalized spacial score (nSPS) is 11.8. The molecular weight excluding hydrogens is 388 g/mol. The van der Waals surface area contributed by atoms with Gasteiger partial charge in [0.15, 0.2) is 9.84 Å². The summed E-state index contributed by atoms with van der Waals surface area (Å²) in [4.78, 5) is 26.5. The molecule has 2 aromatic rings. The predicted octanol–water partition coefficient (Wildman–Crippen LogP) is 3.03. The summed E-state index contributed by atoms with van der Waals surface area (Å²) in [5.41, 5.74) is 1.57. The van der Waals surface area contributed by atoms with E-state index in [0.717, 1.165) is 11.1 Å². The van der Waals surface area contributed by atoms with Gasteiger partial charge in [-0.15, -0.1) is 0 Å². The molecule has 0 aromatic heterocycles. The topological polar surface area (TPSA) is 83.5 Å². The van der Waals surface area contributed by atoms with Crippen molar-refractivity contribution in [3.05, 3.63) is 59.7 Å². The molecule has 0 bridgehead atoms. The van der Waals surface area contributed by atoms with Crippen molar-refractivity contribution >= 4 is 27.3 Å². The third-order valence-electron chi connectivity index (χ3n) is 4.86. The maximum atomic E-state index is 12.4. The molecule has 0 saturated heterocycles. The molecule has 156 valence electrons. The Bertz CT molecular complexity index is 976. The average Bonchev–Trinajstić information content (AvgIpc) is 2.68. The summed E-state index contributed by atoms with van der Waals surface area (Å²) < 4.78 is 23.7. The van der Waals surface area contributed by atoms with Crippen LogP contribution in [0.4, 0.5) is 5.69 Å².